The Kier molecular flexibility index (Phi) is 6.26. The van der Waals surface area contributed by atoms with Gasteiger partial charge in [0.2, 0.25) is 5.89 Å². The molecule has 2 aromatic rings. The van der Waals surface area contributed by atoms with E-state index in [-0.39, 0.29) is 17.7 Å². The number of benzene rings is 1. The third kappa shape index (κ3) is 5.28. The van der Waals surface area contributed by atoms with Crippen LogP contribution in [0.25, 0.3) is 0 Å². The summed E-state index contributed by atoms with van der Waals surface area (Å²) in [5.74, 6) is 0.208. The van der Waals surface area contributed by atoms with E-state index < -0.39 is 0 Å². The highest BCUT2D eigenvalue weighted by Crippen LogP contribution is 2.15. The van der Waals surface area contributed by atoms with Crippen molar-refractivity contribution in [2.24, 2.45) is 0 Å². The number of anilines is 1. The Balaban J connectivity index is 1.50. The summed E-state index contributed by atoms with van der Waals surface area (Å²) in [7, 11) is 0. The molecule has 1 aliphatic rings. The molecule has 1 aromatic heterocycles. The number of nitrogens with one attached hydrogen (secondary N) is 1. The number of aliphatic hydroxyl groups is 1. The molecule has 1 fully saturated rings. The molecule has 0 radical (unpaired) electrons. The van der Waals surface area contributed by atoms with Gasteiger partial charge in [-0.15, -0.1) is 0 Å². The maximum Gasteiger partial charge on any atom is 0.277 e. The third-order valence-corrected chi connectivity index (χ3v) is 4.48. The first-order valence-electron chi connectivity index (χ1n) is 8.63. The number of halogens is 1. The predicted octanol–water partition coefficient (Wildman–Crippen LogP) is 2.08. The summed E-state index contributed by atoms with van der Waals surface area (Å²) in [6.07, 6.45) is 1.07. The van der Waals surface area contributed by atoms with Gasteiger partial charge in [0.25, 0.3) is 5.91 Å². The molecule has 1 saturated heterocycles. The number of amides is 1. The topological polar surface area (TPSA) is 81.8 Å². The Bertz CT molecular complexity index is 724. The van der Waals surface area contributed by atoms with Gasteiger partial charge in [-0.25, -0.2) is 4.98 Å². The van der Waals surface area contributed by atoms with Crippen molar-refractivity contribution in [2.45, 2.75) is 19.6 Å². The summed E-state index contributed by atoms with van der Waals surface area (Å²) >= 11 is 5.83. The second kappa shape index (κ2) is 8.64. The highest BCUT2D eigenvalue weighted by atomic mass is 35.5. The lowest BCUT2D eigenvalue weighted by atomic mass is 10.3. The maximum absolute atomic E-state index is 12.2. The van der Waals surface area contributed by atoms with E-state index in [2.05, 4.69) is 20.1 Å². The van der Waals surface area contributed by atoms with Gasteiger partial charge in [-0.05, 0) is 31.2 Å². The largest absolute Gasteiger partial charge is 0.447 e. The van der Waals surface area contributed by atoms with E-state index in [1.165, 1.54) is 6.26 Å². The van der Waals surface area contributed by atoms with Crippen molar-refractivity contribution in [1.82, 2.24) is 14.8 Å². The predicted molar refractivity (Wildman–Crippen MR) is 99.3 cm³/mol. The van der Waals surface area contributed by atoms with Crippen molar-refractivity contribution in [1.29, 1.82) is 0 Å². The van der Waals surface area contributed by atoms with Crippen molar-refractivity contribution in [2.75, 3.05) is 38.0 Å². The van der Waals surface area contributed by atoms with Crippen LogP contribution in [0.3, 0.4) is 0 Å². The molecule has 0 bridgehead atoms. The van der Waals surface area contributed by atoms with E-state index in [0.717, 1.165) is 26.2 Å². The Morgan fingerprint density at radius 2 is 1.92 bits per heavy atom. The van der Waals surface area contributed by atoms with Crippen molar-refractivity contribution >= 4 is 23.2 Å². The molecule has 0 spiro atoms. The van der Waals surface area contributed by atoms with Crippen molar-refractivity contribution in [3.8, 4) is 0 Å². The van der Waals surface area contributed by atoms with E-state index in [1.807, 2.05) is 0 Å². The van der Waals surface area contributed by atoms with Crippen molar-refractivity contribution in [3.63, 3.8) is 0 Å². The van der Waals surface area contributed by atoms with Gasteiger partial charge in [0.05, 0.1) is 12.6 Å². The molecule has 26 heavy (non-hydrogen) atoms. The zero-order valence-corrected chi connectivity index (χ0v) is 15.4. The number of aromatic nitrogens is 1. The summed E-state index contributed by atoms with van der Waals surface area (Å²) < 4.78 is 5.45. The van der Waals surface area contributed by atoms with E-state index in [1.54, 1.807) is 31.2 Å². The van der Waals surface area contributed by atoms with Crippen LogP contribution in [-0.2, 0) is 6.54 Å². The average molecular weight is 379 g/mol. The van der Waals surface area contributed by atoms with Gasteiger partial charge in [-0.1, -0.05) is 11.6 Å². The number of aliphatic hydroxyl groups excluding tert-OH is 1. The van der Waals surface area contributed by atoms with Crippen LogP contribution < -0.4 is 5.32 Å². The molecule has 8 heteroatoms. The van der Waals surface area contributed by atoms with Gasteiger partial charge in [-0.2, -0.15) is 0 Å². The zero-order valence-electron chi connectivity index (χ0n) is 14.7. The molecular formula is C18H23ClN4O3. The summed E-state index contributed by atoms with van der Waals surface area (Å²) in [6.45, 7) is 6.61. The van der Waals surface area contributed by atoms with Crippen molar-refractivity contribution < 1.29 is 14.3 Å². The van der Waals surface area contributed by atoms with E-state index in [9.17, 15) is 9.90 Å². The van der Waals surface area contributed by atoms with Crippen LogP contribution in [0, 0.1) is 0 Å². The first-order chi connectivity index (χ1) is 12.5. The second-order valence-electron chi connectivity index (χ2n) is 6.51. The quantitative estimate of drug-likeness (QED) is 0.801. The molecule has 0 saturated carbocycles. The number of hydrogen-bond donors (Lipinski definition) is 2. The maximum atomic E-state index is 12.2. The minimum atomic E-state index is -0.316. The lowest BCUT2D eigenvalue weighted by Crippen LogP contribution is -2.47. The molecule has 2 N–H and O–H groups in total. The van der Waals surface area contributed by atoms with Gasteiger partial charge < -0.3 is 14.8 Å². The summed E-state index contributed by atoms with van der Waals surface area (Å²) in [5, 5.41) is 12.8. The molecule has 1 atom stereocenters. The summed E-state index contributed by atoms with van der Waals surface area (Å²) in [4.78, 5) is 21.0. The van der Waals surface area contributed by atoms with Crippen LogP contribution in [0.2, 0.25) is 5.02 Å². The van der Waals surface area contributed by atoms with E-state index in [0.29, 0.717) is 29.7 Å². The van der Waals surface area contributed by atoms with Crippen LogP contribution in [-0.4, -0.2) is 64.6 Å². The van der Waals surface area contributed by atoms with Crippen LogP contribution in [0.5, 0.6) is 0 Å². The van der Waals surface area contributed by atoms with Gasteiger partial charge >= 0.3 is 0 Å². The Labute approximate surface area is 157 Å². The summed E-state index contributed by atoms with van der Waals surface area (Å²) in [6, 6.07) is 6.88. The molecule has 1 aliphatic heterocycles. The van der Waals surface area contributed by atoms with Gasteiger partial charge in [0.15, 0.2) is 5.69 Å². The number of β-amino-alcohol motifs (C(OH)–C–C–N with tert-alkyl or cyclic N) is 1. The van der Waals surface area contributed by atoms with Gasteiger partial charge in [0.1, 0.15) is 6.26 Å². The molecular weight excluding hydrogens is 356 g/mol. The second-order valence-corrected chi connectivity index (χ2v) is 6.95. The van der Waals surface area contributed by atoms with Gasteiger partial charge in [0, 0.05) is 43.4 Å². The fourth-order valence-corrected chi connectivity index (χ4v) is 3.04. The number of carbonyl (C=O) groups is 1. The van der Waals surface area contributed by atoms with Gasteiger partial charge in [-0.3, -0.25) is 14.6 Å². The van der Waals surface area contributed by atoms with Crippen LogP contribution in [0.4, 0.5) is 5.69 Å². The number of hydrogen-bond acceptors (Lipinski definition) is 6. The molecule has 0 aliphatic carbocycles. The van der Waals surface area contributed by atoms with E-state index >= 15 is 0 Å². The highest BCUT2D eigenvalue weighted by molar-refractivity contribution is 6.30. The fourth-order valence-electron chi connectivity index (χ4n) is 2.91. The average Bonchev–Trinajstić information content (AvgIpc) is 3.07. The summed E-state index contributed by atoms with van der Waals surface area (Å²) in [5.41, 5.74) is 0.904. The Morgan fingerprint density at radius 3 is 2.58 bits per heavy atom. The first kappa shape index (κ1) is 18.8. The standard InChI is InChI=1S/C18H23ClN4O3/c1-13(24)10-22-6-8-23(9-7-22)11-17-21-16(12-26-17)18(25)20-15-4-2-14(19)3-5-15/h2-5,12-13,24H,6-11H2,1H3,(H,20,25)/t13-/m0/s1. The molecule has 7 nitrogen and oxygen atoms in total. The number of carbonyl (C=O) groups excluding carboxylic acids is 1. The Hall–Kier alpha value is -1.93. The SMILES string of the molecule is C[C@H](O)CN1CCN(Cc2nc(C(=O)Nc3ccc(Cl)cc3)co2)CC1. The number of rotatable bonds is 6. The zero-order chi connectivity index (χ0) is 18.5. The number of piperazine rings is 1. The lowest BCUT2D eigenvalue weighted by Gasteiger charge is -2.34. The Morgan fingerprint density at radius 1 is 1.27 bits per heavy atom. The molecule has 140 valence electrons. The number of nitrogens with zero attached hydrogens (tertiary/aromatic N) is 3. The van der Waals surface area contributed by atoms with E-state index in [4.69, 9.17) is 16.0 Å². The monoisotopic (exact) mass is 378 g/mol. The molecule has 1 amide bonds. The molecule has 2 heterocycles. The minimum Gasteiger partial charge on any atom is -0.447 e. The van der Waals surface area contributed by atoms with Crippen molar-refractivity contribution in [3.05, 3.63) is 47.1 Å². The molecule has 3 rings (SSSR count). The third-order valence-electron chi connectivity index (χ3n) is 4.23. The normalized spacial score (nSPS) is 17.2. The minimum absolute atomic E-state index is 0.252. The molecule has 0 unspecified atom stereocenters. The van der Waals surface area contributed by atoms with Crippen LogP contribution >= 0.6 is 11.6 Å². The first-order valence-corrected chi connectivity index (χ1v) is 9.01. The smallest absolute Gasteiger partial charge is 0.277 e. The molecule has 1 aromatic carbocycles. The lowest BCUT2D eigenvalue weighted by molar-refractivity contribution is 0.0747. The van der Waals surface area contributed by atoms with Crippen LogP contribution in [0.15, 0.2) is 34.9 Å². The van der Waals surface area contributed by atoms with Crippen LogP contribution in [0.1, 0.15) is 23.3 Å². The highest BCUT2D eigenvalue weighted by Gasteiger charge is 2.20. The fraction of sp³-hybridized carbons (Fsp3) is 0.444. The number of oxazole rings is 1.